The number of nitrogens with zero attached hydrogens (tertiary/aromatic N) is 4. The van der Waals surface area contributed by atoms with Gasteiger partial charge < -0.3 is 16.1 Å². The molecule has 118 valence electrons. The van der Waals surface area contributed by atoms with Crippen molar-refractivity contribution in [1.29, 1.82) is 0 Å². The summed E-state index contributed by atoms with van der Waals surface area (Å²) < 4.78 is 3.99. The van der Waals surface area contributed by atoms with E-state index in [9.17, 15) is 0 Å². The van der Waals surface area contributed by atoms with Gasteiger partial charge in [0.15, 0.2) is 43.7 Å². The fraction of sp³-hybridized carbons (Fsp3) is 0.125. The summed E-state index contributed by atoms with van der Waals surface area (Å²) in [6.45, 7) is 1.48. The van der Waals surface area contributed by atoms with Gasteiger partial charge in [-0.25, -0.2) is 9.13 Å². The number of pyridine rings is 2. The van der Waals surface area contributed by atoms with Crippen molar-refractivity contribution < 1.29 is 19.5 Å². The Labute approximate surface area is 133 Å². The van der Waals surface area contributed by atoms with E-state index >= 15 is 0 Å². The third-order valence-electron chi connectivity index (χ3n) is 3.22. The molecule has 0 aromatic carbocycles. The average molecular weight is 313 g/mol. The molecule has 0 spiro atoms. The van der Waals surface area contributed by atoms with Gasteiger partial charge in [0.25, 0.3) is 0 Å². The maximum atomic E-state index is 8.61. The number of rotatable bonds is 6. The zero-order valence-electron chi connectivity index (χ0n) is 12.5. The molecule has 0 aliphatic rings. The van der Waals surface area contributed by atoms with Crippen molar-refractivity contribution in [2.45, 2.75) is 13.1 Å². The smallest absolute Gasteiger partial charge is 0.170 e. The molecule has 0 amide bonds. The molecule has 2 aromatic heterocycles. The first kappa shape index (κ1) is 16.2. The summed E-state index contributed by atoms with van der Waals surface area (Å²) in [4.78, 5) is 0. The first-order valence-corrected chi connectivity index (χ1v) is 7.01. The van der Waals surface area contributed by atoms with Crippen LogP contribution >= 0.6 is 0 Å². The lowest BCUT2D eigenvalue weighted by molar-refractivity contribution is -0.691. The Morgan fingerprint density at radius 3 is 1.96 bits per heavy atom. The van der Waals surface area contributed by atoms with E-state index in [1.54, 1.807) is 12.1 Å². The molecule has 0 radical (unpaired) electrons. The lowest BCUT2D eigenvalue weighted by Gasteiger charge is -1.96. The zero-order chi connectivity index (χ0) is 16.5. The summed E-state index contributed by atoms with van der Waals surface area (Å²) in [5, 5.41) is 23.0. The minimum atomic E-state index is 0.0961. The predicted octanol–water partition coefficient (Wildman–Crippen LogP) is 0.421. The van der Waals surface area contributed by atoms with Crippen LogP contribution in [0.3, 0.4) is 0 Å². The Hall–Kier alpha value is -3.22. The maximum Gasteiger partial charge on any atom is 0.170 e. The van der Waals surface area contributed by atoms with Gasteiger partial charge in [-0.1, -0.05) is 10.3 Å². The SMILES string of the molecule is N/C(=N\O)c1cc[n+](C/C=C/C[n+]2ccc(/C=N\O)cc2)cc1. The summed E-state index contributed by atoms with van der Waals surface area (Å²) in [6, 6.07) is 7.32. The van der Waals surface area contributed by atoms with Crippen LogP contribution < -0.4 is 14.9 Å². The maximum absolute atomic E-state index is 8.61. The third-order valence-corrected chi connectivity index (χ3v) is 3.22. The molecule has 7 heteroatoms. The molecule has 2 aromatic rings. The Bertz CT molecular complexity index is 706. The van der Waals surface area contributed by atoms with Crippen molar-refractivity contribution in [3.63, 3.8) is 0 Å². The Morgan fingerprint density at radius 2 is 1.48 bits per heavy atom. The van der Waals surface area contributed by atoms with Crippen LogP contribution in [0.1, 0.15) is 11.1 Å². The molecule has 0 saturated heterocycles. The standard InChI is InChI=1S/C16H17N5O2/c17-16(19-23)15-5-11-21(12-6-15)8-2-1-7-20-9-3-14(4-10-20)13-18-22/h1-6,9-13H,7-8,17H2/p+2/b2-1+. The molecular weight excluding hydrogens is 294 g/mol. The van der Waals surface area contributed by atoms with Gasteiger partial charge >= 0.3 is 0 Å². The largest absolute Gasteiger partial charge is 0.411 e. The van der Waals surface area contributed by atoms with E-state index in [0.717, 1.165) is 18.7 Å². The monoisotopic (exact) mass is 313 g/mol. The number of hydrogen-bond donors (Lipinski definition) is 3. The molecule has 0 unspecified atom stereocenters. The molecular formula is C16H19N5O2+2. The van der Waals surface area contributed by atoms with Gasteiger partial charge in [-0.15, -0.1) is 0 Å². The molecule has 4 N–H and O–H groups in total. The van der Waals surface area contributed by atoms with Gasteiger partial charge in [-0.2, -0.15) is 0 Å². The number of allylic oxidation sites excluding steroid dienone is 2. The van der Waals surface area contributed by atoms with Gasteiger partial charge in [0.2, 0.25) is 0 Å². The molecule has 0 aliphatic heterocycles. The highest BCUT2D eigenvalue weighted by molar-refractivity contribution is 5.96. The van der Waals surface area contributed by atoms with Gasteiger partial charge in [-0.3, -0.25) is 0 Å². The Morgan fingerprint density at radius 1 is 0.957 bits per heavy atom. The van der Waals surface area contributed by atoms with E-state index in [1.807, 2.05) is 46.1 Å². The van der Waals surface area contributed by atoms with E-state index < -0.39 is 0 Å². The van der Waals surface area contributed by atoms with E-state index in [0.29, 0.717) is 5.56 Å². The number of nitrogens with two attached hydrogens (primary N) is 1. The van der Waals surface area contributed by atoms with E-state index in [4.69, 9.17) is 16.1 Å². The topological polar surface area (TPSA) is 99.0 Å². The summed E-state index contributed by atoms with van der Waals surface area (Å²) in [5.74, 6) is 0.0961. The van der Waals surface area contributed by atoms with Crippen molar-refractivity contribution in [1.82, 2.24) is 0 Å². The molecule has 7 nitrogen and oxygen atoms in total. The predicted molar refractivity (Wildman–Crippen MR) is 84.3 cm³/mol. The second kappa shape index (κ2) is 8.28. The van der Waals surface area contributed by atoms with Crippen LogP contribution in [0.5, 0.6) is 0 Å². The van der Waals surface area contributed by atoms with Crippen LogP contribution in [0.25, 0.3) is 0 Å². The molecule has 0 atom stereocenters. The van der Waals surface area contributed by atoms with Crippen LogP contribution in [0.4, 0.5) is 0 Å². The van der Waals surface area contributed by atoms with E-state index in [2.05, 4.69) is 22.5 Å². The van der Waals surface area contributed by atoms with Crippen LogP contribution in [-0.4, -0.2) is 22.5 Å². The van der Waals surface area contributed by atoms with Crippen molar-refractivity contribution in [3.05, 3.63) is 72.3 Å². The van der Waals surface area contributed by atoms with Crippen molar-refractivity contribution in [2.24, 2.45) is 16.0 Å². The second-order valence-corrected chi connectivity index (χ2v) is 4.81. The van der Waals surface area contributed by atoms with Crippen molar-refractivity contribution in [2.75, 3.05) is 0 Å². The molecule has 0 bridgehead atoms. The highest BCUT2D eigenvalue weighted by atomic mass is 16.4. The van der Waals surface area contributed by atoms with Crippen molar-refractivity contribution >= 4 is 12.1 Å². The first-order valence-electron chi connectivity index (χ1n) is 7.01. The minimum absolute atomic E-state index is 0.0961. The summed E-state index contributed by atoms with van der Waals surface area (Å²) in [5.41, 5.74) is 7.03. The second-order valence-electron chi connectivity index (χ2n) is 4.81. The summed E-state index contributed by atoms with van der Waals surface area (Å²) in [6.07, 6.45) is 13.1. The molecule has 2 heterocycles. The zero-order valence-corrected chi connectivity index (χ0v) is 12.5. The number of aromatic nitrogens is 2. The first-order chi connectivity index (χ1) is 11.2. The molecule has 2 rings (SSSR count). The van der Waals surface area contributed by atoms with Crippen LogP contribution in [-0.2, 0) is 13.1 Å². The quantitative estimate of drug-likeness (QED) is 0.180. The third kappa shape index (κ3) is 4.92. The minimum Gasteiger partial charge on any atom is -0.411 e. The lowest BCUT2D eigenvalue weighted by atomic mass is 10.2. The van der Waals surface area contributed by atoms with Crippen molar-refractivity contribution in [3.8, 4) is 0 Å². The normalized spacial score (nSPS) is 12.3. The Balaban J connectivity index is 1.86. The average Bonchev–Trinajstić information content (AvgIpc) is 2.60. The number of oxime groups is 2. The van der Waals surface area contributed by atoms with Crippen LogP contribution in [0.15, 0.2) is 71.5 Å². The van der Waals surface area contributed by atoms with Crippen LogP contribution in [0, 0.1) is 0 Å². The van der Waals surface area contributed by atoms with Crippen LogP contribution in [0.2, 0.25) is 0 Å². The molecule has 23 heavy (non-hydrogen) atoms. The summed E-state index contributed by atoms with van der Waals surface area (Å²) in [7, 11) is 0. The van der Waals surface area contributed by atoms with Gasteiger partial charge in [0.1, 0.15) is 0 Å². The molecule has 0 saturated carbocycles. The number of hydrogen-bond acceptors (Lipinski definition) is 4. The van der Waals surface area contributed by atoms with E-state index in [1.165, 1.54) is 6.21 Å². The Kier molecular flexibility index (Phi) is 5.81. The fourth-order valence-corrected chi connectivity index (χ4v) is 1.94. The van der Waals surface area contributed by atoms with E-state index in [-0.39, 0.29) is 5.84 Å². The van der Waals surface area contributed by atoms with Gasteiger partial charge in [0, 0.05) is 35.4 Å². The number of amidine groups is 1. The van der Waals surface area contributed by atoms with Gasteiger partial charge in [-0.05, 0) is 12.2 Å². The van der Waals surface area contributed by atoms with Gasteiger partial charge in [0.05, 0.1) is 6.21 Å². The molecule has 0 fully saturated rings. The highest BCUT2D eigenvalue weighted by Crippen LogP contribution is 1.94. The lowest BCUT2D eigenvalue weighted by Crippen LogP contribution is -2.33. The molecule has 0 aliphatic carbocycles. The summed E-state index contributed by atoms with van der Waals surface area (Å²) >= 11 is 0. The highest BCUT2D eigenvalue weighted by Gasteiger charge is 2.02. The fourth-order valence-electron chi connectivity index (χ4n) is 1.94.